The highest BCUT2D eigenvalue weighted by atomic mass is 32.2. The minimum atomic E-state index is -2.63. The molecule has 0 saturated carbocycles. The molecule has 3 nitrogen and oxygen atoms in total. The maximum atomic E-state index is 13.1. The van der Waals surface area contributed by atoms with E-state index in [1.165, 1.54) is 0 Å². The van der Waals surface area contributed by atoms with Crippen molar-refractivity contribution >= 4 is 15.8 Å². The van der Waals surface area contributed by atoms with Gasteiger partial charge in [0.15, 0.2) is 0 Å². The molecule has 0 aliphatic rings. The van der Waals surface area contributed by atoms with Crippen LogP contribution in [0.4, 0.5) is 0 Å². The fourth-order valence-corrected chi connectivity index (χ4v) is 4.12. The third-order valence-corrected chi connectivity index (χ3v) is 6.30. The molecule has 0 aliphatic heterocycles. The van der Waals surface area contributed by atoms with Crippen molar-refractivity contribution in [3.63, 3.8) is 0 Å². The number of benzene rings is 2. The van der Waals surface area contributed by atoms with Crippen LogP contribution in [0.5, 0.6) is 0 Å². The highest BCUT2D eigenvalue weighted by Gasteiger charge is 2.19. The fraction of sp³-hybridized carbons (Fsp3) is 0.273. The molecule has 1 N–H and O–H groups in total. The summed E-state index contributed by atoms with van der Waals surface area (Å²) in [6.07, 6.45) is 4.87. The molecule has 2 rings (SSSR count). The smallest absolute Gasteiger partial charge is 0.0963 e. The number of aliphatic hydroxyl groups excluding tert-OH is 1. The zero-order valence-electron chi connectivity index (χ0n) is 15.5. The fourth-order valence-electron chi connectivity index (χ4n) is 2.69. The lowest BCUT2D eigenvalue weighted by atomic mass is 9.90. The summed E-state index contributed by atoms with van der Waals surface area (Å²) in [6.45, 7) is 4.09. The summed E-state index contributed by atoms with van der Waals surface area (Å²) in [5.74, 6) is 0.0409. The van der Waals surface area contributed by atoms with Crippen LogP contribution in [0, 0.1) is 11.8 Å². The summed E-state index contributed by atoms with van der Waals surface area (Å²) < 4.78 is 17.2. The first-order chi connectivity index (χ1) is 12.5. The molecular weight excluding hydrogens is 342 g/mol. The minimum absolute atomic E-state index is 0.152. The SMILES string of the molecule is CN=S(=O)(/C=C\[C@@H](C(C)C)[C@@H](O)/C=C/c1ccccc1)c1ccccc1. The van der Waals surface area contributed by atoms with Crippen LogP contribution in [-0.4, -0.2) is 22.5 Å². The lowest BCUT2D eigenvalue weighted by Gasteiger charge is -2.21. The third kappa shape index (κ3) is 5.41. The summed E-state index contributed by atoms with van der Waals surface area (Å²) in [7, 11) is -1.06. The van der Waals surface area contributed by atoms with Gasteiger partial charge in [0, 0.05) is 18.4 Å². The van der Waals surface area contributed by atoms with E-state index in [0.717, 1.165) is 5.56 Å². The number of hydrogen-bond acceptors (Lipinski definition) is 3. The normalized spacial score (nSPS) is 16.7. The maximum Gasteiger partial charge on any atom is 0.0963 e. The average Bonchev–Trinajstić information content (AvgIpc) is 2.67. The molecule has 0 spiro atoms. The Hall–Kier alpha value is -2.17. The van der Waals surface area contributed by atoms with E-state index in [-0.39, 0.29) is 11.8 Å². The van der Waals surface area contributed by atoms with Crippen molar-refractivity contribution in [1.82, 2.24) is 0 Å². The van der Waals surface area contributed by atoms with Crippen molar-refractivity contribution in [2.75, 3.05) is 7.05 Å². The van der Waals surface area contributed by atoms with E-state index < -0.39 is 15.8 Å². The van der Waals surface area contributed by atoms with Crippen LogP contribution >= 0.6 is 0 Å². The van der Waals surface area contributed by atoms with Crippen LogP contribution in [0.3, 0.4) is 0 Å². The van der Waals surface area contributed by atoms with Gasteiger partial charge < -0.3 is 5.11 Å². The summed E-state index contributed by atoms with van der Waals surface area (Å²) in [6, 6.07) is 19.1. The van der Waals surface area contributed by atoms with E-state index in [0.29, 0.717) is 4.90 Å². The second kappa shape index (κ2) is 9.51. The van der Waals surface area contributed by atoms with Crippen molar-refractivity contribution in [2.24, 2.45) is 16.2 Å². The maximum absolute atomic E-state index is 13.1. The van der Waals surface area contributed by atoms with E-state index in [2.05, 4.69) is 4.36 Å². The molecule has 0 amide bonds. The predicted molar refractivity (Wildman–Crippen MR) is 110 cm³/mol. The van der Waals surface area contributed by atoms with Crippen molar-refractivity contribution < 1.29 is 9.32 Å². The molecule has 2 aromatic rings. The molecule has 0 saturated heterocycles. The molecule has 26 heavy (non-hydrogen) atoms. The second-order valence-electron chi connectivity index (χ2n) is 6.47. The Balaban J connectivity index is 2.23. The molecule has 0 bridgehead atoms. The number of rotatable bonds is 7. The predicted octanol–water partition coefficient (Wildman–Crippen LogP) is 5.00. The molecule has 4 heteroatoms. The topological polar surface area (TPSA) is 49.7 Å². The Labute approximate surface area is 157 Å². The highest BCUT2D eigenvalue weighted by Crippen LogP contribution is 2.22. The molecule has 1 unspecified atom stereocenters. The Morgan fingerprint density at radius 3 is 2.08 bits per heavy atom. The molecule has 3 atom stereocenters. The van der Waals surface area contributed by atoms with Gasteiger partial charge in [-0.1, -0.05) is 80.6 Å². The van der Waals surface area contributed by atoms with Gasteiger partial charge in [-0.15, -0.1) is 0 Å². The molecule has 2 aromatic carbocycles. The van der Waals surface area contributed by atoms with E-state index in [4.69, 9.17) is 0 Å². The van der Waals surface area contributed by atoms with Gasteiger partial charge in [-0.25, -0.2) is 8.57 Å². The number of hydrogen-bond donors (Lipinski definition) is 1. The lowest BCUT2D eigenvalue weighted by molar-refractivity contribution is 0.151. The number of nitrogens with zero attached hydrogens (tertiary/aromatic N) is 1. The van der Waals surface area contributed by atoms with Gasteiger partial charge in [-0.2, -0.15) is 0 Å². The molecular formula is C22H27NO2S. The Bertz CT molecular complexity index is 848. The van der Waals surface area contributed by atoms with Crippen LogP contribution in [-0.2, 0) is 9.73 Å². The van der Waals surface area contributed by atoms with Crippen molar-refractivity contribution in [2.45, 2.75) is 24.8 Å². The van der Waals surface area contributed by atoms with Crippen molar-refractivity contribution in [3.05, 3.63) is 83.8 Å². The largest absolute Gasteiger partial charge is 0.388 e. The monoisotopic (exact) mass is 369 g/mol. The van der Waals surface area contributed by atoms with E-state index in [1.54, 1.807) is 18.5 Å². The van der Waals surface area contributed by atoms with Crippen molar-refractivity contribution in [3.8, 4) is 0 Å². The lowest BCUT2D eigenvalue weighted by Crippen LogP contribution is -2.21. The van der Waals surface area contributed by atoms with Crippen molar-refractivity contribution in [1.29, 1.82) is 0 Å². The minimum Gasteiger partial charge on any atom is -0.388 e. The number of aliphatic hydroxyl groups is 1. The zero-order valence-corrected chi connectivity index (χ0v) is 16.3. The summed E-state index contributed by atoms with van der Waals surface area (Å²) in [4.78, 5) is 0.676. The molecule has 138 valence electrons. The highest BCUT2D eigenvalue weighted by molar-refractivity contribution is 7.96. The first-order valence-corrected chi connectivity index (χ1v) is 10.3. The van der Waals surface area contributed by atoms with E-state index in [1.807, 2.05) is 86.7 Å². The second-order valence-corrected chi connectivity index (χ2v) is 8.72. The summed E-state index contributed by atoms with van der Waals surface area (Å²) >= 11 is 0. The van der Waals surface area contributed by atoms with Gasteiger partial charge in [-0.3, -0.25) is 0 Å². The Morgan fingerprint density at radius 1 is 0.962 bits per heavy atom. The summed E-state index contributed by atoms with van der Waals surface area (Å²) in [5.41, 5.74) is 1.04. The average molecular weight is 370 g/mol. The first kappa shape index (κ1) is 20.1. The van der Waals surface area contributed by atoms with Gasteiger partial charge in [0.05, 0.1) is 20.7 Å². The quantitative estimate of drug-likeness (QED) is 0.746. The standard InChI is InChI=1S/C22H27NO2S/c1-18(2)21(22(24)15-14-19-10-6-4-7-11-19)16-17-26(25,23-3)20-12-8-5-9-13-20/h4-18,21-22,24H,1-3H3/b15-14+,17-16-/t21-,22-,26?/m0/s1. The molecule has 0 radical (unpaired) electrons. The third-order valence-electron chi connectivity index (χ3n) is 4.29. The van der Waals surface area contributed by atoms with Crippen LogP contribution in [0.15, 0.2) is 87.5 Å². The van der Waals surface area contributed by atoms with Gasteiger partial charge >= 0.3 is 0 Å². The van der Waals surface area contributed by atoms with Crippen LogP contribution in [0.2, 0.25) is 0 Å². The van der Waals surface area contributed by atoms with Gasteiger partial charge in [0.2, 0.25) is 0 Å². The molecule has 0 heterocycles. The van der Waals surface area contributed by atoms with Crippen LogP contribution < -0.4 is 0 Å². The van der Waals surface area contributed by atoms with E-state index in [9.17, 15) is 9.32 Å². The Morgan fingerprint density at radius 2 is 1.54 bits per heavy atom. The van der Waals surface area contributed by atoms with E-state index >= 15 is 0 Å². The summed E-state index contributed by atoms with van der Waals surface area (Å²) in [5, 5.41) is 12.3. The van der Waals surface area contributed by atoms with Crippen LogP contribution in [0.25, 0.3) is 6.08 Å². The molecule has 0 aliphatic carbocycles. The molecule has 0 aromatic heterocycles. The Kier molecular flexibility index (Phi) is 7.37. The zero-order chi connectivity index (χ0) is 19.0. The van der Waals surface area contributed by atoms with Gasteiger partial charge in [-0.05, 0) is 23.6 Å². The molecule has 0 fully saturated rings. The first-order valence-electron chi connectivity index (χ1n) is 8.76. The van der Waals surface area contributed by atoms with Gasteiger partial charge in [0.1, 0.15) is 0 Å². The van der Waals surface area contributed by atoms with Gasteiger partial charge in [0.25, 0.3) is 0 Å². The van der Waals surface area contributed by atoms with Crippen LogP contribution in [0.1, 0.15) is 19.4 Å².